The van der Waals surface area contributed by atoms with Gasteiger partial charge in [-0.2, -0.15) is 5.26 Å². The molecule has 0 bridgehead atoms. The summed E-state index contributed by atoms with van der Waals surface area (Å²) in [4.78, 5) is 64.8. The summed E-state index contributed by atoms with van der Waals surface area (Å²) in [6, 6.07) is 12.5. The number of aromatic hydroxyl groups is 1. The molecule has 5 rings (SSSR count). The predicted octanol–water partition coefficient (Wildman–Crippen LogP) is 0.167. The highest BCUT2D eigenvalue weighted by Gasteiger charge is 2.69. The Bertz CT molecular complexity index is 1480. The molecule has 37 heavy (non-hydrogen) atoms. The Labute approximate surface area is 209 Å². The number of nitrogens with two attached hydrogens (primary N) is 1. The first-order valence-electron chi connectivity index (χ1n) is 11.4. The molecule has 10 heteroatoms. The van der Waals surface area contributed by atoms with Crippen LogP contribution in [-0.2, 0) is 19.2 Å². The number of amides is 1. The van der Waals surface area contributed by atoms with Gasteiger partial charge < -0.3 is 21.1 Å². The van der Waals surface area contributed by atoms with Crippen LogP contribution in [0, 0.1) is 35.0 Å². The lowest BCUT2D eigenvalue weighted by Crippen LogP contribution is -2.72. The second kappa shape index (κ2) is 8.30. The van der Waals surface area contributed by atoms with E-state index < -0.39 is 76.6 Å². The van der Waals surface area contributed by atoms with E-state index >= 15 is 0 Å². The van der Waals surface area contributed by atoms with Crippen LogP contribution in [0.3, 0.4) is 0 Å². The van der Waals surface area contributed by atoms with Gasteiger partial charge in [0.1, 0.15) is 5.75 Å². The zero-order valence-electron chi connectivity index (χ0n) is 19.1. The number of aliphatic hydroxyl groups is 2. The molecular weight excluding hydrogens is 480 g/mol. The summed E-state index contributed by atoms with van der Waals surface area (Å²) in [5, 5.41) is 42.4. The van der Waals surface area contributed by atoms with Crippen LogP contribution in [0.4, 0.5) is 0 Å². The molecule has 3 aliphatic rings. The highest BCUT2D eigenvalue weighted by atomic mass is 16.3. The van der Waals surface area contributed by atoms with Crippen LogP contribution in [0.2, 0.25) is 0 Å². The summed E-state index contributed by atoms with van der Waals surface area (Å²) in [6.45, 7) is 0. The Hall–Kier alpha value is -4.46. The number of ketones is 4. The van der Waals surface area contributed by atoms with Gasteiger partial charge in [0.05, 0.1) is 29.2 Å². The monoisotopic (exact) mass is 500 g/mol. The molecule has 0 spiro atoms. The summed E-state index contributed by atoms with van der Waals surface area (Å²) in [7, 11) is 0. The van der Waals surface area contributed by atoms with Crippen molar-refractivity contribution in [2.45, 2.75) is 18.1 Å². The molecule has 0 saturated heterocycles. The molecule has 0 aliphatic heterocycles. The molecule has 6 unspecified atom stereocenters. The van der Waals surface area contributed by atoms with Gasteiger partial charge in [0.15, 0.2) is 34.7 Å². The lowest BCUT2D eigenvalue weighted by atomic mass is 9.51. The summed E-state index contributed by atoms with van der Waals surface area (Å²) in [5.41, 5.74) is 3.39. The normalized spacial score (nSPS) is 31.8. The third-order valence-corrected chi connectivity index (χ3v) is 7.60. The molecule has 10 nitrogen and oxygen atoms in total. The average molecular weight is 500 g/mol. The molecule has 6 atom stereocenters. The van der Waals surface area contributed by atoms with Gasteiger partial charge in [-0.25, -0.2) is 0 Å². The number of phenolic OH excluding ortho intramolecular Hbond substituents is 1. The molecule has 2 aromatic rings. The summed E-state index contributed by atoms with van der Waals surface area (Å²) in [5.74, 6) is -13.1. The van der Waals surface area contributed by atoms with E-state index in [0.29, 0.717) is 11.1 Å². The van der Waals surface area contributed by atoms with Gasteiger partial charge in [0, 0.05) is 18.3 Å². The number of nitriles is 1. The molecule has 2 aromatic carbocycles. The molecular formula is C27H20N2O8. The Balaban J connectivity index is 1.74. The van der Waals surface area contributed by atoms with Crippen molar-refractivity contribution in [1.29, 1.82) is 5.26 Å². The number of hydrogen-bond acceptors (Lipinski definition) is 9. The quantitative estimate of drug-likeness (QED) is 0.415. The molecule has 2 fully saturated rings. The van der Waals surface area contributed by atoms with Gasteiger partial charge in [0.25, 0.3) is 0 Å². The minimum atomic E-state index is -2.99. The van der Waals surface area contributed by atoms with Crippen LogP contribution >= 0.6 is 0 Å². The first-order valence-corrected chi connectivity index (χ1v) is 11.4. The summed E-state index contributed by atoms with van der Waals surface area (Å²) >= 11 is 0. The van der Waals surface area contributed by atoms with Crippen molar-refractivity contribution in [1.82, 2.24) is 0 Å². The van der Waals surface area contributed by atoms with Crippen molar-refractivity contribution in [2.24, 2.45) is 29.4 Å². The van der Waals surface area contributed by atoms with Crippen LogP contribution in [0.5, 0.6) is 5.75 Å². The molecule has 3 aliphatic carbocycles. The summed E-state index contributed by atoms with van der Waals surface area (Å²) < 4.78 is 0. The highest BCUT2D eigenvalue weighted by Crippen LogP contribution is 2.54. The zero-order valence-corrected chi connectivity index (χ0v) is 19.1. The number of carbonyl (C=O) groups excluding carboxylic acids is 5. The first-order chi connectivity index (χ1) is 17.5. The fraction of sp³-hybridized carbons (Fsp3) is 0.259. The van der Waals surface area contributed by atoms with Crippen molar-refractivity contribution < 1.29 is 39.3 Å². The van der Waals surface area contributed by atoms with E-state index in [2.05, 4.69) is 0 Å². The number of nitrogens with zero attached hydrogens (tertiary/aromatic N) is 1. The Kier molecular flexibility index (Phi) is 5.44. The average Bonchev–Trinajstić information content (AvgIpc) is 2.86. The number of hydrogen-bond donors (Lipinski definition) is 4. The maximum Gasteiger partial charge on any atom is 0.235 e. The fourth-order valence-electron chi connectivity index (χ4n) is 5.87. The van der Waals surface area contributed by atoms with E-state index in [1.807, 2.05) is 6.07 Å². The number of aliphatic hydroxyl groups excluding tert-OH is 1. The zero-order chi connectivity index (χ0) is 26.8. The largest absolute Gasteiger partial charge is 0.507 e. The van der Waals surface area contributed by atoms with E-state index in [1.54, 1.807) is 30.3 Å². The SMILES string of the molecule is N#Cc1ccc(C=C2c3cccc(O)c3C(=O)C3C(=O)C4(O)C(=O)C(C(N)=O)C(=O)CC4C(O)C23)cc1. The van der Waals surface area contributed by atoms with E-state index in [-0.39, 0.29) is 16.7 Å². The molecule has 1 amide bonds. The fourth-order valence-corrected chi connectivity index (χ4v) is 5.87. The lowest BCUT2D eigenvalue weighted by molar-refractivity contribution is -0.185. The Morgan fingerprint density at radius 2 is 1.76 bits per heavy atom. The molecule has 5 N–H and O–H groups in total. The molecule has 2 saturated carbocycles. The molecule has 0 radical (unpaired) electrons. The number of benzene rings is 2. The number of rotatable bonds is 2. The number of carbonyl (C=O) groups is 5. The van der Waals surface area contributed by atoms with Crippen LogP contribution in [-0.4, -0.2) is 56.1 Å². The minimum Gasteiger partial charge on any atom is -0.507 e. The lowest BCUT2D eigenvalue weighted by Gasteiger charge is -2.51. The number of fused-ring (bicyclic) bond motifs is 3. The predicted molar refractivity (Wildman–Crippen MR) is 125 cm³/mol. The van der Waals surface area contributed by atoms with Crippen LogP contribution in [0.25, 0.3) is 11.6 Å². The second-order valence-electron chi connectivity index (χ2n) is 9.50. The third kappa shape index (κ3) is 3.28. The number of phenols is 1. The van der Waals surface area contributed by atoms with Gasteiger partial charge in [-0.3, -0.25) is 24.0 Å². The van der Waals surface area contributed by atoms with Crippen molar-refractivity contribution in [3.63, 3.8) is 0 Å². The minimum absolute atomic E-state index is 0.225. The molecule has 0 heterocycles. The highest BCUT2D eigenvalue weighted by molar-refractivity contribution is 6.32. The maximum absolute atomic E-state index is 13.7. The van der Waals surface area contributed by atoms with Crippen LogP contribution in [0.15, 0.2) is 42.5 Å². The van der Waals surface area contributed by atoms with Crippen molar-refractivity contribution in [3.8, 4) is 11.8 Å². The second-order valence-corrected chi connectivity index (χ2v) is 9.50. The van der Waals surface area contributed by atoms with Crippen molar-refractivity contribution in [2.75, 3.05) is 0 Å². The smallest absolute Gasteiger partial charge is 0.235 e. The van der Waals surface area contributed by atoms with Crippen molar-refractivity contribution >= 4 is 40.7 Å². The van der Waals surface area contributed by atoms with E-state index in [0.717, 1.165) is 0 Å². The molecule has 0 aromatic heterocycles. The molecule has 186 valence electrons. The topological polar surface area (TPSA) is 196 Å². The van der Waals surface area contributed by atoms with Gasteiger partial charge in [0.2, 0.25) is 5.91 Å². The van der Waals surface area contributed by atoms with E-state index in [9.17, 15) is 39.3 Å². The Morgan fingerprint density at radius 3 is 2.38 bits per heavy atom. The summed E-state index contributed by atoms with van der Waals surface area (Å²) in [6.07, 6.45) is -0.834. The Morgan fingerprint density at radius 1 is 1.08 bits per heavy atom. The number of Topliss-reactive ketones (excluding diaryl/α,β-unsaturated/α-hetero) is 4. The maximum atomic E-state index is 13.7. The first kappa shape index (κ1) is 24.2. The standard InChI is InChI=1S/C27H20N2O8/c28-10-12-6-4-11(5-7-12)8-14-13-2-1-3-16(30)18(13)23(33)21-19(14)22(32)15-9-17(31)20(26(29)36)24(34)27(15,37)25(21)35/h1-8,15,19-22,30,32,37H,9H2,(H2,29,36). The van der Waals surface area contributed by atoms with Crippen LogP contribution < -0.4 is 5.73 Å². The van der Waals surface area contributed by atoms with Crippen molar-refractivity contribution in [3.05, 3.63) is 64.7 Å². The van der Waals surface area contributed by atoms with Gasteiger partial charge in [-0.1, -0.05) is 30.3 Å². The van der Waals surface area contributed by atoms with Gasteiger partial charge in [-0.15, -0.1) is 0 Å². The number of primary amides is 1. The third-order valence-electron chi connectivity index (χ3n) is 7.60. The van der Waals surface area contributed by atoms with E-state index in [1.165, 1.54) is 18.2 Å². The van der Waals surface area contributed by atoms with E-state index in [4.69, 9.17) is 11.0 Å². The van der Waals surface area contributed by atoms with Crippen LogP contribution in [0.1, 0.15) is 33.5 Å². The van der Waals surface area contributed by atoms with Gasteiger partial charge >= 0.3 is 0 Å². The van der Waals surface area contributed by atoms with Gasteiger partial charge in [-0.05, 0) is 34.9 Å².